The molecule has 0 radical (unpaired) electrons. The molecule has 0 saturated heterocycles. The highest BCUT2D eigenvalue weighted by Crippen LogP contribution is 2.39. The molecule has 1 aromatic carbocycles. The number of pyridine rings is 1. The van der Waals surface area contributed by atoms with Crippen LogP contribution in [0.4, 0.5) is 8.78 Å². The van der Waals surface area contributed by atoms with Gasteiger partial charge < -0.3 is 9.84 Å². The third-order valence-corrected chi connectivity index (χ3v) is 5.10. The molecule has 0 fully saturated rings. The van der Waals surface area contributed by atoms with E-state index in [0.717, 1.165) is 0 Å². The van der Waals surface area contributed by atoms with Crippen LogP contribution in [0.25, 0.3) is 5.69 Å². The number of aromatic hydroxyl groups is 1. The monoisotopic (exact) mass is 476 g/mol. The Bertz CT molecular complexity index is 1200. The van der Waals surface area contributed by atoms with Gasteiger partial charge in [-0.05, 0) is 17.9 Å². The lowest BCUT2D eigenvalue weighted by atomic mass is 10.3. The number of aromatic amines is 1. The van der Waals surface area contributed by atoms with Crippen LogP contribution < -0.4 is 16.0 Å². The van der Waals surface area contributed by atoms with E-state index in [1.807, 2.05) is 6.92 Å². The summed E-state index contributed by atoms with van der Waals surface area (Å²) in [5, 5.41) is 13.0. The fraction of sp³-hybridized carbons (Fsp3) is 0.176. The van der Waals surface area contributed by atoms with E-state index in [-0.39, 0.29) is 33.1 Å². The number of halogens is 4. The SMILES string of the molecule is CCSc1cc(Oc2c(Cl)cc(-n3nc(C(F)F)c(=O)[nH]c3=O)cc2Cl)ncc1O. The Labute approximate surface area is 181 Å². The molecule has 30 heavy (non-hydrogen) atoms. The van der Waals surface area contributed by atoms with Gasteiger partial charge in [0.15, 0.2) is 11.4 Å². The summed E-state index contributed by atoms with van der Waals surface area (Å²) in [6, 6.07) is 3.90. The van der Waals surface area contributed by atoms with E-state index in [2.05, 4.69) is 10.1 Å². The van der Waals surface area contributed by atoms with Crippen molar-refractivity contribution < 1.29 is 18.6 Å². The van der Waals surface area contributed by atoms with E-state index < -0.39 is 23.4 Å². The van der Waals surface area contributed by atoms with Crippen molar-refractivity contribution in [3.8, 4) is 23.1 Å². The molecule has 3 rings (SSSR count). The van der Waals surface area contributed by atoms with Gasteiger partial charge in [-0.2, -0.15) is 9.78 Å². The summed E-state index contributed by atoms with van der Waals surface area (Å²) in [6.45, 7) is 1.91. The zero-order valence-electron chi connectivity index (χ0n) is 15.0. The van der Waals surface area contributed by atoms with Crippen molar-refractivity contribution in [3.05, 3.63) is 61.0 Å². The number of thioether (sulfide) groups is 1. The average molecular weight is 477 g/mol. The molecule has 0 aliphatic rings. The molecule has 0 unspecified atom stereocenters. The van der Waals surface area contributed by atoms with Gasteiger partial charge in [0.1, 0.15) is 5.75 Å². The maximum absolute atomic E-state index is 12.9. The predicted molar refractivity (Wildman–Crippen MR) is 108 cm³/mol. The van der Waals surface area contributed by atoms with Gasteiger partial charge in [0.2, 0.25) is 5.88 Å². The van der Waals surface area contributed by atoms with E-state index in [9.17, 15) is 23.5 Å². The smallest absolute Gasteiger partial charge is 0.349 e. The van der Waals surface area contributed by atoms with Crippen LogP contribution >= 0.6 is 35.0 Å². The molecular formula is C17H12Cl2F2N4O4S. The molecule has 0 amide bonds. The molecule has 0 bridgehead atoms. The first-order chi connectivity index (χ1) is 14.2. The van der Waals surface area contributed by atoms with Crippen molar-refractivity contribution in [1.29, 1.82) is 0 Å². The quantitative estimate of drug-likeness (QED) is 0.513. The fourth-order valence-electron chi connectivity index (χ4n) is 2.34. The van der Waals surface area contributed by atoms with Crippen LogP contribution in [0.1, 0.15) is 19.0 Å². The van der Waals surface area contributed by atoms with E-state index in [0.29, 0.717) is 15.3 Å². The minimum Gasteiger partial charge on any atom is -0.505 e. The summed E-state index contributed by atoms with van der Waals surface area (Å²) >= 11 is 13.8. The predicted octanol–water partition coefficient (Wildman–Crippen LogP) is 4.17. The molecule has 158 valence electrons. The number of ether oxygens (including phenoxy) is 1. The second kappa shape index (κ2) is 9.02. The van der Waals surface area contributed by atoms with Crippen molar-refractivity contribution >= 4 is 35.0 Å². The first-order valence-corrected chi connectivity index (χ1v) is 9.96. The molecule has 0 aliphatic carbocycles. The highest BCUT2D eigenvalue weighted by molar-refractivity contribution is 7.99. The van der Waals surface area contributed by atoms with Gasteiger partial charge in [-0.3, -0.25) is 9.78 Å². The first-order valence-electron chi connectivity index (χ1n) is 8.22. The molecule has 0 spiro atoms. The Morgan fingerprint density at radius 1 is 1.27 bits per heavy atom. The van der Waals surface area contributed by atoms with Gasteiger partial charge in [-0.1, -0.05) is 30.1 Å². The van der Waals surface area contributed by atoms with Crippen molar-refractivity contribution in [2.45, 2.75) is 18.2 Å². The minimum absolute atomic E-state index is 0.0138. The summed E-state index contributed by atoms with van der Waals surface area (Å²) in [5.74, 6) is 0.772. The molecule has 2 N–H and O–H groups in total. The van der Waals surface area contributed by atoms with Gasteiger partial charge in [-0.25, -0.2) is 18.6 Å². The number of nitrogens with one attached hydrogen (secondary N) is 1. The summed E-state index contributed by atoms with van der Waals surface area (Å²) < 4.78 is 32.0. The molecular weight excluding hydrogens is 465 g/mol. The van der Waals surface area contributed by atoms with Crippen molar-refractivity contribution in [2.24, 2.45) is 0 Å². The topological polar surface area (TPSA) is 110 Å². The highest BCUT2D eigenvalue weighted by Gasteiger charge is 2.19. The summed E-state index contributed by atoms with van der Waals surface area (Å²) in [6.07, 6.45) is -1.98. The van der Waals surface area contributed by atoms with Crippen LogP contribution in [0.15, 0.2) is 38.9 Å². The zero-order chi connectivity index (χ0) is 22.0. The number of hydrogen-bond acceptors (Lipinski definition) is 7. The second-order valence-electron chi connectivity index (χ2n) is 5.62. The number of benzene rings is 1. The molecule has 8 nitrogen and oxygen atoms in total. The lowest BCUT2D eigenvalue weighted by Crippen LogP contribution is -2.34. The third-order valence-electron chi connectivity index (χ3n) is 3.62. The van der Waals surface area contributed by atoms with Gasteiger partial charge >= 0.3 is 5.69 Å². The van der Waals surface area contributed by atoms with Crippen LogP contribution in [0.5, 0.6) is 17.4 Å². The van der Waals surface area contributed by atoms with E-state index in [1.54, 1.807) is 4.98 Å². The average Bonchev–Trinajstić information content (AvgIpc) is 2.67. The Morgan fingerprint density at radius 2 is 1.93 bits per heavy atom. The number of aromatic nitrogens is 4. The normalized spacial score (nSPS) is 11.1. The standard InChI is InChI=1S/C17H12Cl2F2N4O4S/c1-2-30-11-5-12(22-6-10(11)26)29-14-8(18)3-7(4-9(14)19)25-17(28)23-16(27)13(24-25)15(20)21/h3-6,15,26H,2H2,1H3,(H,23,27,28). The Balaban J connectivity index is 2.01. The van der Waals surface area contributed by atoms with E-state index in [1.165, 1.54) is 36.2 Å². The molecule has 3 aromatic rings. The van der Waals surface area contributed by atoms with Gasteiger partial charge in [-0.15, -0.1) is 11.8 Å². The van der Waals surface area contributed by atoms with Crippen LogP contribution in [-0.4, -0.2) is 30.6 Å². The Kier molecular flexibility index (Phi) is 6.64. The largest absolute Gasteiger partial charge is 0.505 e. The Hall–Kier alpha value is -2.63. The summed E-state index contributed by atoms with van der Waals surface area (Å²) in [7, 11) is 0. The number of alkyl halides is 2. The lowest BCUT2D eigenvalue weighted by molar-refractivity contribution is 0.141. The Morgan fingerprint density at radius 3 is 2.53 bits per heavy atom. The fourth-order valence-corrected chi connectivity index (χ4v) is 3.59. The molecule has 2 aromatic heterocycles. The minimum atomic E-state index is -3.19. The highest BCUT2D eigenvalue weighted by atomic mass is 35.5. The van der Waals surface area contributed by atoms with Crippen LogP contribution in [0, 0.1) is 0 Å². The van der Waals surface area contributed by atoms with E-state index in [4.69, 9.17) is 27.9 Å². The molecule has 2 heterocycles. The number of hydrogen-bond donors (Lipinski definition) is 2. The lowest BCUT2D eigenvalue weighted by Gasteiger charge is -2.13. The summed E-state index contributed by atoms with van der Waals surface area (Å²) in [5.41, 5.74) is -3.54. The second-order valence-corrected chi connectivity index (χ2v) is 7.74. The van der Waals surface area contributed by atoms with Gasteiger partial charge in [0, 0.05) is 6.07 Å². The van der Waals surface area contributed by atoms with Crippen molar-refractivity contribution in [1.82, 2.24) is 19.7 Å². The van der Waals surface area contributed by atoms with Gasteiger partial charge in [0.05, 0.1) is 26.8 Å². The van der Waals surface area contributed by atoms with Crippen molar-refractivity contribution in [2.75, 3.05) is 5.75 Å². The van der Waals surface area contributed by atoms with Crippen LogP contribution in [0.3, 0.4) is 0 Å². The first kappa shape index (κ1) is 22.1. The van der Waals surface area contributed by atoms with Gasteiger partial charge in [0.25, 0.3) is 12.0 Å². The maximum atomic E-state index is 12.9. The molecule has 0 saturated carbocycles. The molecule has 13 heteroatoms. The summed E-state index contributed by atoms with van der Waals surface area (Å²) in [4.78, 5) is 29.7. The number of nitrogens with zero attached hydrogens (tertiary/aromatic N) is 3. The third kappa shape index (κ3) is 4.58. The van der Waals surface area contributed by atoms with Crippen molar-refractivity contribution in [3.63, 3.8) is 0 Å². The van der Waals surface area contributed by atoms with Crippen LogP contribution in [0.2, 0.25) is 10.0 Å². The van der Waals surface area contributed by atoms with Crippen LogP contribution in [-0.2, 0) is 0 Å². The molecule has 0 aliphatic heterocycles. The number of rotatable bonds is 6. The number of H-pyrrole nitrogens is 1. The van der Waals surface area contributed by atoms with E-state index >= 15 is 0 Å². The zero-order valence-corrected chi connectivity index (χ0v) is 17.4. The maximum Gasteiger partial charge on any atom is 0.349 e. The molecule has 0 atom stereocenters.